The number of likely N-dealkylation sites (N-methyl/N-ethyl adjacent to an activating group) is 1. The summed E-state index contributed by atoms with van der Waals surface area (Å²) in [6, 6.07) is -0.856. The van der Waals surface area contributed by atoms with E-state index in [0.29, 0.717) is 13.1 Å². The number of aliphatic hydroxyl groups is 1. The van der Waals surface area contributed by atoms with Gasteiger partial charge in [-0.2, -0.15) is 0 Å². The fraction of sp³-hybridized carbons (Fsp3) is 0.682. The quantitative estimate of drug-likeness (QED) is 0.645. The summed E-state index contributed by atoms with van der Waals surface area (Å²) in [6.07, 6.45) is 8.71. The average Bonchev–Trinajstić information content (AvgIpc) is 3.02. The third-order valence-corrected chi connectivity index (χ3v) is 6.97. The van der Waals surface area contributed by atoms with Crippen LogP contribution in [-0.4, -0.2) is 94.6 Å². The summed E-state index contributed by atoms with van der Waals surface area (Å²) in [6.45, 7) is 4.77. The third kappa shape index (κ3) is 2.92. The van der Waals surface area contributed by atoms with Crippen LogP contribution in [0.1, 0.15) is 26.7 Å². The first-order chi connectivity index (χ1) is 14.4. The Morgan fingerprint density at radius 3 is 2.67 bits per heavy atom. The van der Waals surface area contributed by atoms with Crippen LogP contribution in [-0.2, 0) is 19.1 Å². The second kappa shape index (κ2) is 7.81. The normalized spacial score (nSPS) is 36.5. The van der Waals surface area contributed by atoms with E-state index in [2.05, 4.69) is 6.92 Å². The molecule has 4 rings (SSSR count). The van der Waals surface area contributed by atoms with Gasteiger partial charge in [0.05, 0.1) is 24.5 Å². The molecule has 8 nitrogen and oxygen atoms in total. The maximum Gasteiger partial charge on any atom is 0.249 e. The highest BCUT2D eigenvalue weighted by atomic mass is 16.5. The summed E-state index contributed by atoms with van der Waals surface area (Å²) in [5, 5.41) is 9.62. The number of hydrogen-bond acceptors (Lipinski definition) is 5. The van der Waals surface area contributed by atoms with Gasteiger partial charge in [0.2, 0.25) is 17.7 Å². The molecule has 164 valence electrons. The molecule has 4 aliphatic heterocycles. The molecule has 6 atom stereocenters. The number of ether oxygens (including phenoxy) is 1. The Hall–Kier alpha value is -2.19. The van der Waals surface area contributed by atoms with Crippen LogP contribution in [0.2, 0.25) is 0 Å². The van der Waals surface area contributed by atoms with Gasteiger partial charge in [-0.25, -0.2) is 0 Å². The lowest BCUT2D eigenvalue weighted by molar-refractivity contribution is -0.149. The predicted molar refractivity (Wildman–Crippen MR) is 109 cm³/mol. The van der Waals surface area contributed by atoms with Gasteiger partial charge in [0.25, 0.3) is 0 Å². The lowest BCUT2D eigenvalue weighted by atomic mass is 9.77. The van der Waals surface area contributed by atoms with E-state index in [1.54, 1.807) is 16.8 Å². The largest absolute Gasteiger partial charge is 0.395 e. The summed E-state index contributed by atoms with van der Waals surface area (Å²) in [5.41, 5.74) is -1.20. The van der Waals surface area contributed by atoms with Gasteiger partial charge < -0.3 is 24.5 Å². The second-order valence-corrected chi connectivity index (χ2v) is 8.77. The van der Waals surface area contributed by atoms with Gasteiger partial charge in [-0.3, -0.25) is 14.4 Å². The van der Waals surface area contributed by atoms with Crippen molar-refractivity contribution in [2.75, 3.05) is 33.3 Å². The Morgan fingerprint density at radius 1 is 1.20 bits per heavy atom. The summed E-state index contributed by atoms with van der Waals surface area (Å²) in [7, 11) is 1.71. The smallest absolute Gasteiger partial charge is 0.249 e. The molecule has 2 unspecified atom stereocenters. The van der Waals surface area contributed by atoms with Gasteiger partial charge in [-0.1, -0.05) is 37.6 Å². The Balaban J connectivity index is 1.80. The van der Waals surface area contributed by atoms with E-state index in [0.717, 1.165) is 12.8 Å². The fourth-order valence-electron chi connectivity index (χ4n) is 5.60. The van der Waals surface area contributed by atoms with Gasteiger partial charge >= 0.3 is 0 Å². The molecule has 0 aliphatic carbocycles. The Labute approximate surface area is 177 Å². The topological polar surface area (TPSA) is 90.4 Å². The number of carbonyl (C=O) groups excluding carboxylic acids is 3. The number of nitrogens with zero attached hydrogens (tertiary/aromatic N) is 3. The predicted octanol–water partition coefficient (Wildman–Crippen LogP) is 0.175. The van der Waals surface area contributed by atoms with Gasteiger partial charge in [0.1, 0.15) is 11.6 Å². The van der Waals surface area contributed by atoms with E-state index in [1.165, 1.54) is 4.90 Å². The van der Waals surface area contributed by atoms with Crippen molar-refractivity contribution in [1.29, 1.82) is 0 Å². The number of likely N-dealkylation sites (tertiary alicyclic amines) is 1. The van der Waals surface area contributed by atoms with Crippen molar-refractivity contribution in [1.82, 2.24) is 14.7 Å². The average molecular weight is 418 g/mol. The summed E-state index contributed by atoms with van der Waals surface area (Å²) < 4.78 is 6.45. The number of fused-ring (bicyclic) bond motifs is 2. The zero-order valence-corrected chi connectivity index (χ0v) is 17.9. The maximum atomic E-state index is 13.7. The lowest BCUT2D eigenvalue weighted by Gasteiger charge is -2.37. The van der Waals surface area contributed by atoms with Crippen LogP contribution >= 0.6 is 0 Å². The number of rotatable bonds is 5. The molecule has 0 bridgehead atoms. The van der Waals surface area contributed by atoms with Crippen molar-refractivity contribution in [2.24, 2.45) is 11.8 Å². The van der Waals surface area contributed by atoms with Crippen molar-refractivity contribution < 1.29 is 24.2 Å². The van der Waals surface area contributed by atoms with Gasteiger partial charge in [0, 0.05) is 32.7 Å². The number of β-amino-alcohol motifs (C(OH)–C–C–N with tert-alkyl or cyclic N) is 1. The van der Waals surface area contributed by atoms with Crippen molar-refractivity contribution in [3.8, 4) is 0 Å². The van der Waals surface area contributed by atoms with Gasteiger partial charge in [-0.05, 0) is 13.3 Å². The number of aliphatic hydroxyl groups excluding tert-OH is 1. The van der Waals surface area contributed by atoms with Crippen molar-refractivity contribution in [2.45, 2.75) is 50.5 Å². The SMILES string of the molecule is CCCC(C)N1CC=C[C@]23O[C@@H]4C=CCN(C)C(=O)[C@@H]4[C@H]2C(=O)N(CCO)C3C1=O. The van der Waals surface area contributed by atoms with Crippen LogP contribution < -0.4 is 0 Å². The molecule has 0 aromatic heterocycles. The molecule has 3 amide bonds. The molecule has 0 aromatic rings. The Morgan fingerprint density at radius 2 is 1.97 bits per heavy atom. The third-order valence-electron chi connectivity index (χ3n) is 6.97. The maximum absolute atomic E-state index is 13.7. The first-order valence-electron chi connectivity index (χ1n) is 10.9. The van der Waals surface area contributed by atoms with E-state index in [1.807, 2.05) is 31.2 Å². The summed E-state index contributed by atoms with van der Waals surface area (Å²) in [4.78, 5) is 45.3. The van der Waals surface area contributed by atoms with Crippen LogP contribution in [0.3, 0.4) is 0 Å². The molecule has 2 fully saturated rings. The van der Waals surface area contributed by atoms with Crippen LogP contribution in [0.25, 0.3) is 0 Å². The summed E-state index contributed by atoms with van der Waals surface area (Å²) in [5.74, 6) is -2.07. The first-order valence-corrected chi connectivity index (χ1v) is 10.9. The highest BCUT2D eigenvalue weighted by molar-refractivity contribution is 5.99. The molecular formula is C22H31N3O5. The molecule has 1 spiro atoms. The van der Waals surface area contributed by atoms with E-state index in [9.17, 15) is 19.5 Å². The van der Waals surface area contributed by atoms with Crippen LogP contribution in [0.15, 0.2) is 24.3 Å². The molecule has 0 aromatic carbocycles. The van der Waals surface area contributed by atoms with Crippen LogP contribution in [0.4, 0.5) is 0 Å². The number of amides is 3. The van der Waals surface area contributed by atoms with Crippen molar-refractivity contribution in [3.05, 3.63) is 24.3 Å². The zero-order chi connectivity index (χ0) is 21.6. The number of hydrogen-bond donors (Lipinski definition) is 1. The van der Waals surface area contributed by atoms with Crippen LogP contribution in [0, 0.1) is 11.8 Å². The minimum Gasteiger partial charge on any atom is -0.395 e. The van der Waals surface area contributed by atoms with Crippen LogP contribution in [0.5, 0.6) is 0 Å². The van der Waals surface area contributed by atoms with Gasteiger partial charge in [-0.15, -0.1) is 0 Å². The van der Waals surface area contributed by atoms with E-state index in [4.69, 9.17) is 4.74 Å². The van der Waals surface area contributed by atoms with E-state index in [-0.39, 0.29) is 36.9 Å². The molecule has 1 N–H and O–H groups in total. The minimum atomic E-state index is -1.20. The molecule has 0 radical (unpaired) electrons. The van der Waals surface area contributed by atoms with E-state index >= 15 is 0 Å². The minimum absolute atomic E-state index is 0.0203. The highest BCUT2D eigenvalue weighted by Crippen LogP contribution is 2.53. The molecule has 2 saturated heterocycles. The fourth-order valence-corrected chi connectivity index (χ4v) is 5.60. The molecule has 30 heavy (non-hydrogen) atoms. The van der Waals surface area contributed by atoms with E-state index < -0.39 is 29.6 Å². The molecular weight excluding hydrogens is 386 g/mol. The first kappa shape index (κ1) is 21.1. The Bertz CT molecular complexity index is 796. The molecule has 4 heterocycles. The highest BCUT2D eigenvalue weighted by Gasteiger charge is 2.71. The standard InChI is InChI=1S/C22H31N3O5/c1-4-7-14(2)24-11-6-9-22-17(20(28)25(12-13-26)18(22)21(24)29)16-15(30-22)8-5-10-23(3)19(16)27/h5-6,8-9,14-18,26H,4,7,10-13H2,1-3H3/t14?,15-,16+,17+,18?,22+/m1/s1. The zero-order valence-electron chi connectivity index (χ0n) is 17.9. The van der Waals surface area contributed by atoms with Crippen molar-refractivity contribution >= 4 is 17.7 Å². The Kier molecular flexibility index (Phi) is 5.48. The molecule has 0 saturated carbocycles. The monoisotopic (exact) mass is 417 g/mol. The summed E-state index contributed by atoms with van der Waals surface area (Å²) >= 11 is 0. The lowest BCUT2D eigenvalue weighted by Crippen LogP contribution is -2.57. The number of carbonyl (C=O) groups is 3. The molecule has 8 heteroatoms. The van der Waals surface area contributed by atoms with Gasteiger partial charge in [0.15, 0.2) is 0 Å². The van der Waals surface area contributed by atoms with Crippen molar-refractivity contribution in [3.63, 3.8) is 0 Å². The molecule has 4 aliphatic rings. The second-order valence-electron chi connectivity index (χ2n) is 8.77.